The smallest absolute Gasteiger partial charge is 0.132 e. The van der Waals surface area contributed by atoms with Crippen molar-refractivity contribution < 1.29 is 0 Å². The molecule has 2 heterocycles. The van der Waals surface area contributed by atoms with Gasteiger partial charge in [0.1, 0.15) is 12.1 Å². The summed E-state index contributed by atoms with van der Waals surface area (Å²) >= 11 is 3.57. The van der Waals surface area contributed by atoms with Crippen LogP contribution in [0, 0.1) is 5.92 Å². The first kappa shape index (κ1) is 9.90. The Kier molecular flexibility index (Phi) is 3.01. The standard InChI is InChI=1S/C10H14BrN3/c1-8-3-5-14(9(8)6-11)10-2-4-12-7-13-10/h2,4,7-9H,3,5-6H2,1H3. The van der Waals surface area contributed by atoms with Gasteiger partial charge in [0.25, 0.3) is 0 Å². The molecule has 0 spiro atoms. The molecule has 0 N–H and O–H groups in total. The zero-order valence-electron chi connectivity index (χ0n) is 8.23. The van der Waals surface area contributed by atoms with Crippen LogP contribution in [-0.2, 0) is 0 Å². The molecule has 2 unspecified atom stereocenters. The molecule has 0 aliphatic carbocycles. The predicted octanol–water partition coefficient (Wildman–Crippen LogP) is 2.09. The molecule has 76 valence electrons. The van der Waals surface area contributed by atoms with E-state index in [1.165, 1.54) is 6.42 Å². The molecule has 4 heteroatoms. The summed E-state index contributed by atoms with van der Waals surface area (Å²) in [6.45, 7) is 3.40. The second-order valence-corrected chi connectivity index (χ2v) is 4.40. The second-order valence-electron chi connectivity index (χ2n) is 3.75. The maximum Gasteiger partial charge on any atom is 0.132 e. The Morgan fingerprint density at radius 3 is 3.14 bits per heavy atom. The summed E-state index contributed by atoms with van der Waals surface area (Å²) in [5.74, 6) is 1.79. The van der Waals surface area contributed by atoms with E-state index < -0.39 is 0 Å². The van der Waals surface area contributed by atoms with Crippen LogP contribution in [0.1, 0.15) is 13.3 Å². The summed E-state index contributed by atoms with van der Waals surface area (Å²) in [6, 6.07) is 2.55. The van der Waals surface area contributed by atoms with E-state index in [1.54, 1.807) is 12.5 Å². The highest BCUT2D eigenvalue weighted by Crippen LogP contribution is 2.28. The molecule has 0 bridgehead atoms. The molecule has 2 rings (SSSR count). The Morgan fingerprint density at radius 2 is 2.50 bits per heavy atom. The van der Waals surface area contributed by atoms with Gasteiger partial charge >= 0.3 is 0 Å². The first-order chi connectivity index (χ1) is 6.83. The van der Waals surface area contributed by atoms with Crippen molar-refractivity contribution in [3.63, 3.8) is 0 Å². The number of anilines is 1. The van der Waals surface area contributed by atoms with Crippen LogP contribution in [0.5, 0.6) is 0 Å². The predicted molar refractivity (Wildman–Crippen MR) is 60.7 cm³/mol. The number of rotatable bonds is 2. The number of aromatic nitrogens is 2. The van der Waals surface area contributed by atoms with Gasteiger partial charge in [-0.2, -0.15) is 0 Å². The van der Waals surface area contributed by atoms with Gasteiger partial charge in [-0.15, -0.1) is 0 Å². The van der Waals surface area contributed by atoms with E-state index in [9.17, 15) is 0 Å². The van der Waals surface area contributed by atoms with Gasteiger partial charge in [0, 0.05) is 24.1 Å². The summed E-state index contributed by atoms with van der Waals surface area (Å²) in [6.07, 6.45) is 4.67. The van der Waals surface area contributed by atoms with Crippen LogP contribution in [0.25, 0.3) is 0 Å². The number of hydrogen-bond donors (Lipinski definition) is 0. The Balaban J connectivity index is 2.19. The fraction of sp³-hybridized carbons (Fsp3) is 0.600. The van der Waals surface area contributed by atoms with Crippen molar-refractivity contribution in [3.05, 3.63) is 18.6 Å². The molecular weight excluding hydrogens is 242 g/mol. The third-order valence-corrected chi connectivity index (χ3v) is 3.56. The van der Waals surface area contributed by atoms with Crippen LogP contribution < -0.4 is 4.90 Å². The third kappa shape index (κ3) is 1.75. The monoisotopic (exact) mass is 255 g/mol. The van der Waals surface area contributed by atoms with E-state index >= 15 is 0 Å². The lowest BCUT2D eigenvalue weighted by Gasteiger charge is -2.25. The third-order valence-electron chi connectivity index (χ3n) is 2.90. The molecule has 1 aromatic heterocycles. The summed E-state index contributed by atoms with van der Waals surface area (Å²) in [7, 11) is 0. The molecule has 0 radical (unpaired) electrons. The molecule has 1 saturated heterocycles. The molecule has 0 amide bonds. The highest BCUT2D eigenvalue weighted by molar-refractivity contribution is 9.09. The lowest BCUT2D eigenvalue weighted by Crippen LogP contribution is -2.33. The fourth-order valence-corrected chi connectivity index (χ4v) is 2.97. The van der Waals surface area contributed by atoms with Crippen LogP contribution in [0.15, 0.2) is 18.6 Å². The van der Waals surface area contributed by atoms with E-state index in [0.717, 1.165) is 23.6 Å². The SMILES string of the molecule is CC1CCN(c2ccncn2)C1CBr. The summed E-state index contributed by atoms with van der Waals surface area (Å²) < 4.78 is 0. The summed E-state index contributed by atoms with van der Waals surface area (Å²) in [5.41, 5.74) is 0. The van der Waals surface area contributed by atoms with Gasteiger partial charge in [0.2, 0.25) is 0 Å². The average Bonchev–Trinajstić information content (AvgIpc) is 2.61. The van der Waals surface area contributed by atoms with Gasteiger partial charge in [-0.1, -0.05) is 22.9 Å². The zero-order valence-corrected chi connectivity index (χ0v) is 9.81. The van der Waals surface area contributed by atoms with Gasteiger partial charge in [-0.25, -0.2) is 9.97 Å². The minimum Gasteiger partial charge on any atom is -0.352 e. The maximum atomic E-state index is 4.29. The molecule has 1 aromatic rings. The number of nitrogens with zero attached hydrogens (tertiary/aromatic N) is 3. The van der Waals surface area contributed by atoms with Crippen molar-refractivity contribution in [1.82, 2.24) is 9.97 Å². The van der Waals surface area contributed by atoms with Gasteiger partial charge in [0.05, 0.1) is 0 Å². The van der Waals surface area contributed by atoms with Gasteiger partial charge in [-0.05, 0) is 18.4 Å². The van der Waals surface area contributed by atoms with Crippen molar-refractivity contribution in [2.45, 2.75) is 19.4 Å². The Hall–Kier alpha value is -0.640. The first-order valence-electron chi connectivity index (χ1n) is 4.91. The zero-order chi connectivity index (χ0) is 9.97. The largest absolute Gasteiger partial charge is 0.352 e. The number of hydrogen-bond acceptors (Lipinski definition) is 3. The summed E-state index contributed by atoms with van der Waals surface area (Å²) in [5, 5.41) is 1.01. The lowest BCUT2D eigenvalue weighted by atomic mass is 10.1. The van der Waals surface area contributed by atoms with E-state index in [4.69, 9.17) is 0 Å². The minimum absolute atomic E-state index is 0.574. The molecule has 2 atom stereocenters. The normalized spacial score (nSPS) is 26.9. The van der Waals surface area contributed by atoms with E-state index in [1.807, 2.05) is 6.07 Å². The molecule has 14 heavy (non-hydrogen) atoms. The molecule has 3 nitrogen and oxygen atoms in total. The van der Waals surface area contributed by atoms with Crippen LogP contribution in [0.3, 0.4) is 0 Å². The van der Waals surface area contributed by atoms with Crippen LogP contribution in [0.2, 0.25) is 0 Å². The minimum atomic E-state index is 0.574. The lowest BCUT2D eigenvalue weighted by molar-refractivity contribution is 0.553. The topological polar surface area (TPSA) is 29.0 Å². The van der Waals surface area contributed by atoms with Gasteiger partial charge in [0.15, 0.2) is 0 Å². The highest BCUT2D eigenvalue weighted by atomic mass is 79.9. The van der Waals surface area contributed by atoms with E-state index in [-0.39, 0.29) is 0 Å². The summed E-state index contributed by atoms with van der Waals surface area (Å²) in [4.78, 5) is 10.6. The van der Waals surface area contributed by atoms with Crippen molar-refractivity contribution >= 4 is 21.7 Å². The molecule has 0 aromatic carbocycles. The van der Waals surface area contributed by atoms with Crippen molar-refractivity contribution in [2.24, 2.45) is 5.92 Å². The number of halogens is 1. The van der Waals surface area contributed by atoms with Crippen LogP contribution in [-0.4, -0.2) is 27.9 Å². The Labute approximate surface area is 92.7 Å². The molecule has 1 fully saturated rings. The molecule has 1 aliphatic rings. The maximum absolute atomic E-state index is 4.29. The molecular formula is C10H14BrN3. The van der Waals surface area contributed by atoms with Gasteiger partial charge < -0.3 is 4.90 Å². The fourth-order valence-electron chi connectivity index (χ4n) is 1.98. The number of alkyl halides is 1. The quantitative estimate of drug-likeness (QED) is 0.759. The molecule has 1 aliphatic heterocycles. The van der Waals surface area contributed by atoms with E-state index in [0.29, 0.717) is 6.04 Å². The molecule has 0 saturated carbocycles. The van der Waals surface area contributed by atoms with E-state index in [2.05, 4.69) is 37.7 Å². The van der Waals surface area contributed by atoms with Crippen molar-refractivity contribution in [3.8, 4) is 0 Å². The average molecular weight is 256 g/mol. The van der Waals surface area contributed by atoms with Crippen molar-refractivity contribution in [2.75, 3.05) is 16.8 Å². The Bertz CT molecular complexity index is 291. The second kappa shape index (κ2) is 4.26. The van der Waals surface area contributed by atoms with Crippen LogP contribution >= 0.6 is 15.9 Å². The van der Waals surface area contributed by atoms with Gasteiger partial charge in [-0.3, -0.25) is 0 Å². The first-order valence-corrected chi connectivity index (χ1v) is 6.03. The van der Waals surface area contributed by atoms with Crippen LogP contribution in [0.4, 0.5) is 5.82 Å². The Morgan fingerprint density at radius 1 is 1.64 bits per heavy atom. The van der Waals surface area contributed by atoms with Crippen molar-refractivity contribution in [1.29, 1.82) is 0 Å². The highest BCUT2D eigenvalue weighted by Gasteiger charge is 2.30.